The maximum Gasteiger partial charge on any atom is 1.00 e. The van der Waals surface area contributed by atoms with E-state index < -0.39 is 64.5 Å². The number of hydrogen-bond donors (Lipinski definition) is 3. The number of rotatable bonds is 8. The van der Waals surface area contributed by atoms with E-state index in [2.05, 4.69) is 20.9 Å². The Hall–Kier alpha value is -2.35. The molecule has 0 aliphatic carbocycles. The first-order valence-electron chi connectivity index (χ1n) is 10.2. The molecule has 20 heteroatoms. The zero-order valence-corrected chi connectivity index (χ0v) is 23.8. The first-order chi connectivity index (χ1) is 16.9. The second kappa shape index (κ2) is 12.5. The van der Waals surface area contributed by atoms with Crippen LogP contribution >= 0.6 is 22.9 Å². The molecule has 3 N–H and O–H groups in total. The fourth-order valence-corrected chi connectivity index (χ4v) is 4.73. The van der Waals surface area contributed by atoms with E-state index in [9.17, 15) is 41.7 Å². The molecule has 2 aliphatic rings. The number of carbonyl (C=O) groups is 6. The molecule has 37 heavy (non-hydrogen) atoms. The number of hydrogen-bond acceptors (Lipinski definition) is 11. The van der Waals surface area contributed by atoms with Gasteiger partial charge in [-0.25, -0.2) is 22.5 Å². The molecule has 2 atom stereocenters. The largest absolute Gasteiger partial charge is 1.00 e. The van der Waals surface area contributed by atoms with Gasteiger partial charge in [0.2, 0.25) is 11.8 Å². The molecule has 0 aromatic carbocycles. The number of alkyl halides is 1. The van der Waals surface area contributed by atoms with Crippen molar-refractivity contribution >= 4 is 73.9 Å². The van der Waals surface area contributed by atoms with Crippen molar-refractivity contribution in [3.63, 3.8) is 0 Å². The maximum atomic E-state index is 13.0. The van der Waals surface area contributed by atoms with Crippen molar-refractivity contribution < 1.29 is 71.3 Å². The maximum absolute atomic E-state index is 13.0. The van der Waals surface area contributed by atoms with E-state index >= 15 is 0 Å². The minimum Gasteiger partial charge on any atom is -0.731 e. The Morgan fingerprint density at radius 1 is 1.24 bits per heavy atom. The summed E-state index contributed by atoms with van der Waals surface area (Å²) in [5.74, 6) is -5.20. The minimum absolute atomic E-state index is 0. The van der Waals surface area contributed by atoms with E-state index in [0.29, 0.717) is 4.90 Å². The molecule has 2 aliphatic heterocycles. The molecule has 7 amide bonds. The molecule has 0 saturated carbocycles. The summed E-state index contributed by atoms with van der Waals surface area (Å²) in [5, 5.41) is 8.14. The number of amides is 7. The zero-order chi connectivity index (χ0) is 26.8. The summed E-state index contributed by atoms with van der Waals surface area (Å²) in [6.07, 6.45) is 0. The van der Waals surface area contributed by atoms with Crippen molar-refractivity contribution in [1.82, 2.24) is 29.7 Å². The Morgan fingerprint density at radius 3 is 2.49 bits per heavy atom. The Bertz CT molecular complexity index is 1230. The molecule has 2 saturated heterocycles. The van der Waals surface area contributed by atoms with E-state index in [1.807, 2.05) is 0 Å². The quantitative estimate of drug-likeness (QED) is 0.0861. The van der Waals surface area contributed by atoms with Crippen molar-refractivity contribution in [1.29, 1.82) is 0 Å². The normalized spacial score (nSPS) is 18.5. The summed E-state index contributed by atoms with van der Waals surface area (Å²) in [5.41, 5.74) is -0.109. The minimum atomic E-state index is -5.05. The number of imide groups is 1. The molecule has 0 bridgehead atoms. The smallest absolute Gasteiger partial charge is 0.731 e. The number of aromatic nitrogens is 1. The van der Waals surface area contributed by atoms with Gasteiger partial charge in [0.15, 0.2) is 21.5 Å². The van der Waals surface area contributed by atoms with Gasteiger partial charge in [-0.3, -0.25) is 28.9 Å². The van der Waals surface area contributed by atoms with Gasteiger partial charge < -0.3 is 25.4 Å². The van der Waals surface area contributed by atoms with E-state index in [1.165, 1.54) is 10.3 Å². The molecule has 16 nitrogen and oxygen atoms in total. The van der Waals surface area contributed by atoms with Crippen LogP contribution in [0.2, 0.25) is 0 Å². The van der Waals surface area contributed by atoms with Crippen LogP contribution in [0, 0.1) is 0 Å². The Balaban J connectivity index is 0.00000481. The molecule has 1 aromatic heterocycles. The number of anilines is 1. The van der Waals surface area contributed by atoms with Gasteiger partial charge >= 0.3 is 47.4 Å². The average molecular weight is 588 g/mol. The SMILES string of the molecule is CCN1CCN(C(=O)NC(C(=O)NC2CN(S(=O)(=O)[O-])C2=O)c2csc(NC(=O)CCl)n2)C(=O)C1=O.[Na+]. The molecule has 196 valence electrons. The van der Waals surface area contributed by atoms with Gasteiger partial charge in [0, 0.05) is 25.0 Å². The van der Waals surface area contributed by atoms with E-state index in [1.54, 1.807) is 6.92 Å². The summed E-state index contributed by atoms with van der Waals surface area (Å²) in [6, 6.07) is -4.11. The van der Waals surface area contributed by atoms with E-state index in [4.69, 9.17) is 11.6 Å². The van der Waals surface area contributed by atoms with Crippen LogP contribution in [-0.2, 0) is 34.3 Å². The number of thiazole rings is 1. The van der Waals surface area contributed by atoms with Crippen LogP contribution in [0.1, 0.15) is 18.7 Å². The Kier molecular flexibility index (Phi) is 10.4. The second-order valence-electron chi connectivity index (χ2n) is 7.37. The fourth-order valence-electron chi connectivity index (χ4n) is 3.23. The summed E-state index contributed by atoms with van der Waals surface area (Å²) in [4.78, 5) is 79.6. The van der Waals surface area contributed by atoms with Crippen molar-refractivity contribution in [2.45, 2.75) is 19.0 Å². The summed E-state index contributed by atoms with van der Waals surface area (Å²) in [6.45, 7) is 1.23. The third-order valence-electron chi connectivity index (χ3n) is 5.13. The molecular formula is C17H19ClN7NaO9S2. The monoisotopic (exact) mass is 587 g/mol. The molecule has 1 aromatic rings. The van der Waals surface area contributed by atoms with E-state index in [0.717, 1.165) is 11.3 Å². The number of nitrogens with one attached hydrogen (secondary N) is 3. The van der Waals surface area contributed by atoms with Gasteiger partial charge in [0.1, 0.15) is 11.9 Å². The van der Waals surface area contributed by atoms with Gasteiger partial charge in [-0.2, -0.15) is 0 Å². The van der Waals surface area contributed by atoms with Crippen LogP contribution < -0.4 is 45.5 Å². The van der Waals surface area contributed by atoms with Gasteiger partial charge in [-0.1, -0.05) is 0 Å². The third-order valence-corrected chi connectivity index (χ3v) is 7.02. The number of piperazine rings is 1. The number of halogens is 1. The third kappa shape index (κ3) is 6.95. The van der Waals surface area contributed by atoms with Gasteiger partial charge in [-0.05, 0) is 6.92 Å². The summed E-state index contributed by atoms with van der Waals surface area (Å²) < 4.78 is 33.0. The van der Waals surface area contributed by atoms with Crippen LogP contribution in [-0.4, -0.2) is 106 Å². The number of urea groups is 1. The molecule has 3 rings (SSSR count). The van der Waals surface area contributed by atoms with E-state index in [-0.39, 0.29) is 70.2 Å². The van der Waals surface area contributed by atoms with Crippen LogP contribution in [0.3, 0.4) is 0 Å². The number of carbonyl (C=O) groups excluding carboxylic acids is 6. The summed E-state index contributed by atoms with van der Waals surface area (Å²) >= 11 is 6.31. The fraction of sp³-hybridized carbons (Fsp3) is 0.471. The molecule has 2 fully saturated rings. The molecule has 0 spiro atoms. The summed E-state index contributed by atoms with van der Waals surface area (Å²) in [7, 11) is -5.05. The van der Waals surface area contributed by atoms with Gasteiger partial charge in [-0.15, -0.1) is 22.9 Å². The van der Waals surface area contributed by atoms with Crippen molar-refractivity contribution in [3.05, 3.63) is 11.1 Å². The predicted octanol–water partition coefficient (Wildman–Crippen LogP) is -5.45. The Labute approximate surface area is 241 Å². The van der Waals surface area contributed by atoms with Crippen molar-refractivity contribution in [2.75, 3.05) is 37.4 Å². The topological polar surface area (TPSA) is 218 Å². The molecule has 0 radical (unpaired) electrons. The zero-order valence-electron chi connectivity index (χ0n) is 19.4. The first kappa shape index (κ1) is 30.9. The van der Waals surface area contributed by atoms with Crippen LogP contribution in [0.15, 0.2) is 5.38 Å². The molecule has 2 unspecified atom stereocenters. The Morgan fingerprint density at radius 2 is 1.92 bits per heavy atom. The number of β-lactam (4-membered cyclic amide) rings is 1. The van der Waals surface area contributed by atoms with Crippen LogP contribution in [0.4, 0.5) is 9.93 Å². The van der Waals surface area contributed by atoms with Crippen molar-refractivity contribution in [3.8, 4) is 0 Å². The van der Waals surface area contributed by atoms with Gasteiger partial charge in [0.25, 0.3) is 5.91 Å². The average Bonchev–Trinajstić information content (AvgIpc) is 3.27. The second-order valence-corrected chi connectivity index (χ2v) is 9.79. The number of likely N-dealkylation sites (N-methyl/N-ethyl adjacent to an activating group) is 1. The predicted molar refractivity (Wildman–Crippen MR) is 120 cm³/mol. The molecule has 3 heterocycles. The van der Waals surface area contributed by atoms with Crippen LogP contribution in [0.25, 0.3) is 0 Å². The number of nitrogens with zero attached hydrogens (tertiary/aromatic N) is 4. The first-order valence-corrected chi connectivity index (χ1v) is 13.0. The van der Waals surface area contributed by atoms with Crippen molar-refractivity contribution in [2.24, 2.45) is 0 Å². The van der Waals surface area contributed by atoms with Gasteiger partial charge in [0.05, 0.1) is 12.2 Å². The standard InChI is InChI=1S/C17H20ClN7O9S2.Na/c1-2-23-3-4-24(15(30)14(23)29)17(31)22-11(9-7-35-16(20-9)21-10(26)5-18)12(27)19-8-6-25(13(8)28)36(32,33)34;/h7-8,11H,2-6H2,1H3,(H,19,27)(H,22,31)(H,20,21,26)(H,32,33,34);/q;+1/p-1. The van der Waals surface area contributed by atoms with Crippen LogP contribution in [0.5, 0.6) is 0 Å². The molecular weight excluding hydrogens is 569 g/mol.